The number of hydrogen-bond donors (Lipinski definition) is 0. The summed E-state index contributed by atoms with van der Waals surface area (Å²) < 4.78 is 13.0. The van der Waals surface area contributed by atoms with E-state index in [1.54, 1.807) is 12.4 Å². The first kappa shape index (κ1) is 17.9. The summed E-state index contributed by atoms with van der Waals surface area (Å²) in [6, 6.07) is 10.4. The number of pyridine rings is 1. The van der Waals surface area contributed by atoms with Crippen LogP contribution in [0.1, 0.15) is 11.1 Å². The number of amidine groups is 1. The molecule has 0 unspecified atom stereocenters. The zero-order valence-corrected chi connectivity index (χ0v) is 15.5. The van der Waals surface area contributed by atoms with Gasteiger partial charge < -0.3 is 4.90 Å². The van der Waals surface area contributed by atoms with Gasteiger partial charge in [0.1, 0.15) is 5.82 Å². The highest BCUT2D eigenvalue weighted by molar-refractivity contribution is 8.18. The van der Waals surface area contributed by atoms with Crippen molar-refractivity contribution >= 4 is 28.9 Å². The third-order valence-corrected chi connectivity index (χ3v) is 5.60. The molecule has 27 heavy (non-hydrogen) atoms. The summed E-state index contributed by atoms with van der Waals surface area (Å²) in [7, 11) is 0. The van der Waals surface area contributed by atoms with E-state index in [0.29, 0.717) is 4.91 Å². The smallest absolute Gasteiger partial charge is 0.286 e. The van der Waals surface area contributed by atoms with Gasteiger partial charge in [-0.05, 0) is 47.2 Å². The quantitative estimate of drug-likeness (QED) is 0.764. The third-order valence-electron chi connectivity index (χ3n) is 4.55. The Balaban J connectivity index is 1.33. The van der Waals surface area contributed by atoms with Gasteiger partial charge in [-0.1, -0.05) is 18.2 Å². The fourth-order valence-corrected chi connectivity index (χ4v) is 4.06. The molecule has 0 N–H and O–H groups in total. The number of halogens is 1. The molecule has 1 fully saturated rings. The molecule has 0 bridgehead atoms. The molecule has 0 spiro atoms. The van der Waals surface area contributed by atoms with Crippen molar-refractivity contribution in [3.8, 4) is 0 Å². The van der Waals surface area contributed by atoms with Gasteiger partial charge in [-0.15, -0.1) is 0 Å². The van der Waals surface area contributed by atoms with Crippen LogP contribution in [0.25, 0.3) is 6.08 Å². The first-order valence-electron chi connectivity index (χ1n) is 8.82. The normalized spacial score (nSPS) is 19.6. The molecule has 1 aromatic heterocycles. The molecular weight excluding hydrogens is 363 g/mol. The van der Waals surface area contributed by atoms with Crippen molar-refractivity contribution in [2.45, 2.75) is 6.54 Å². The van der Waals surface area contributed by atoms with Crippen molar-refractivity contribution in [3.63, 3.8) is 0 Å². The zero-order chi connectivity index (χ0) is 18.6. The molecular formula is C20H19FN4OS. The largest absolute Gasteiger partial charge is 0.348 e. The molecule has 2 aromatic rings. The van der Waals surface area contributed by atoms with E-state index in [2.05, 4.69) is 19.8 Å². The number of amides is 1. The fourth-order valence-electron chi connectivity index (χ4n) is 3.09. The van der Waals surface area contributed by atoms with Crippen LogP contribution in [-0.4, -0.2) is 52.0 Å². The first-order valence-corrected chi connectivity index (χ1v) is 9.63. The number of carbonyl (C=O) groups is 1. The van der Waals surface area contributed by atoms with Gasteiger partial charge in [-0.2, -0.15) is 4.99 Å². The average molecular weight is 382 g/mol. The summed E-state index contributed by atoms with van der Waals surface area (Å²) in [6.45, 7) is 4.21. The topological polar surface area (TPSA) is 48.8 Å². The minimum absolute atomic E-state index is 0.187. The lowest BCUT2D eigenvalue weighted by Gasteiger charge is -2.35. The van der Waals surface area contributed by atoms with E-state index < -0.39 is 0 Å². The monoisotopic (exact) mass is 382 g/mol. The minimum Gasteiger partial charge on any atom is -0.348 e. The van der Waals surface area contributed by atoms with Gasteiger partial charge in [0.2, 0.25) is 0 Å². The molecule has 3 heterocycles. The molecule has 0 aliphatic carbocycles. The van der Waals surface area contributed by atoms with E-state index in [-0.39, 0.29) is 11.7 Å². The molecule has 0 radical (unpaired) electrons. The second-order valence-electron chi connectivity index (χ2n) is 6.49. The highest BCUT2D eigenvalue weighted by atomic mass is 32.2. The van der Waals surface area contributed by atoms with E-state index in [1.165, 1.54) is 23.9 Å². The number of rotatable bonds is 3. The van der Waals surface area contributed by atoms with Crippen LogP contribution < -0.4 is 0 Å². The van der Waals surface area contributed by atoms with Crippen molar-refractivity contribution in [1.82, 2.24) is 14.8 Å². The van der Waals surface area contributed by atoms with Crippen molar-refractivity contribution in [2.24, 2.45) is 4.99 Å². The lowest BCUT2D eigenvalue weighted by molar-refractivity contribution is -0.113. The maximum atomic E-state index is 13.0. The standard InChI is InChI=1S/C20H19FN4OS/c21-17-5-3-15(4-6-17)14-24-8-10-25(11-9-24)20-23-19(26)18(27-20)12-16-2-1-7-22-13-16/h1-7,12-13H,8-11,14H2/b18-12-. The van der Waals surface area contributed by atoms with E-state index in [9.17, 15) is 9.18 Å². The molecule has 138 valence electrons. The Hall–Kier alpha value is -2.51. The predicted octanol–water partition coefficient (Wildman–Crippen LogP) is 3.01. The molecule has 2 aliphatic heterocycles. The Bertz CT molecular complexity index is 875. The number of nitrogens with zero attached hydrogens (tertiary/aromatic N) is 4. The SMILES string of the molecule is O=C1N=C(N2CCN(Cc3ccc(F)cc3)CC2)S/C1=C\c1cccnc1. The van der Waals surface area contributed by atoms with Crippen LogP contribution in [-0.2, 0) is 11.3 Å². The van der Waals surface area contributed by atoms with Crippen LogP contribution in [0.5, 0.6) is 0 Å². The minimum atomic E-state index is -0.209. The van der Waals surface area contributed by atoms with Crippen molar-refractivity contribution in [1.29, 1.82) is 0 Å². The van der Waals surface area contributed by atoms with E-state index in [0.717, 1.165) is 49.0 Å². The number of thioether (sulfide) groups is 1. The number of carbonyl (C=O) groups excluding carboxylic acids is 1. The summed E-state index contributed by atoms with van der Waals surface area (Å²) in [5.74, 6) is -0.396. The van der Waals surface area contributed by atoms with Crippen LogP contribution in [0.3, 0.4) is 0 Å². The van der Waals surface area contributed by atoms with Gasteiger partial charge in [0.15, 0.2) is 5.17 Å². The number of benzene rings is 1. The van der Waals surface area contributed by atoms with Gasteiger partial charge in [0, 0.05) is 45.1 Å². The molecule has 1 amide bonds. The second kappa shape index (κ2) is 8.02. The Morgan fingerprint density at radius 2 is 1.89 bits per heavy atom. The maximum absolute atomic E-state index is 13.0. The number of aliphatic imine (C=N–C) groups is 1. The summed E-state index contributed by atoms with van der Waals surface area (Å²) in [5.41, 5.74) is 2.00. The van der Waals surface area contributed by atoms with Gasteiger partial charge in [-0.25, -0.2) is 4.39 Å². The van der Waals surface area contributed by atoms with Crippen LogP contribution in [0.15, 0.2) is 58.7 Å². The van der Waals surface area contributed by atoms with Gasteiger partial charge in [-0.3, -0.25) is 14.7 Å². The Morgan fingerprint density at radius 1 is 1.11 bits per heavy atom. The molecule has 7 heteroatoms. The highest BCUT2D eigenvalue weighted by Crippen LogP contribution is 2.30. The van der Waals surface area contributed by atoms with Crippen molar-refractivity contribution in [3.05, 3.63) is 70.6 Å². The van der Waals surface area contributed by atoms with Crippen LogP contribution in [0.4, 0.5) is 4.39 Å². The molecule has 0 saturated carbocycles. The zero-order valence-electron chi connectivity index (χ0n) is 14.7. The Kier molecular flexibility index (Phi) is 5.31. The van der Waals surface area contributed by atoms with E-state index >= 15 is 0 Å². The van der Waals surface area contributed by atoms with Crippen molar-refractivity contribution < 1.29 is 9.18 Å². The number of aromatic nitrogens is 1. The highest BCUT2D eigenvalue weighted by Gasteiger charge is 2.28. The summed E-state index contributed by atoms with van der Waals surface area (Å²) in [4.78, 5) is 25.6. The van der Waals surface area contributed by atoms with E-state index in [1.807, 2.05) is 30.3 Å². The van der Waals surface area contributed by atoms with Crippen LogP contribution in [0.2, 0.25) is 0 Å². The summed E-state index contributed by atoms with van der Waals surface area (Å²) in [5, 5.41) is 0.775. The van der Waals surface area contributed by atoms with Gasteiger partial charge >= 0.3 is 0 Å². The molecule has 1 aromatic carbocycles. The maximum Gasteiger partial charge on any atom is 0.286 e. The Morgan fingerprint density at radius 3 is 2.59 bits per heavy atom. The lowest BCUT2D eigenvalue weighted by Crippen LogP contribution is -2.47. The molecule has 1 saturated heterocycles. The molecule has 0 atom stereocenters. The number of hydrogen-bond acceptors (Lipinski definition) is 5. The fraction of sp³-hybridized carbons (Fsp3) is 0.250. The van der Waals surface area contributed by atoms with E-state index in [4.69, 9.17) is 0 Å². The predicted molar refractivity (Wildman–Crippen MR) is 105 cm³/mol. The first-order chi connectivity index (χ1) is 13.2. The second-order valence-corrected chi connectivity index (χ2v) is 7.50. The van der Waals surface area contributed by atoms with Crippen LogP contribution >= 0.6 is 11.8 Å². The van der Waals surface area contributed by atoms with Gasteiger partial charge in [0.25, 0.3) is 5.91 Å². The molecule has 4 rings (SSSR count). The Labute approximate surface area is 161 Å². The third kappa shape index (κ3) is 4.43. The average Bonchev–Trinajstić information content (AvgIpc) is 3.05. The van der Waals surface area contributed by atoms with Gasteiger partial charge in [0.05, 0.1) is 4.91 Å². The lowest BCUT2D eigenvalue weighted by atomic mass is 10.2. The molecule has 2 aliphatic rings. The van der Waals surface area contributed by atoms with Crippen molar-refractivity contribution in [2.75, 3.05) is 26.2 Å². The molecule has 5 nitrogen and oxygen atoms in total. The number of piperazine rings is 1. The van der Waals surface area contributed by atoms with Crippen LogP contribution in [0, 0.1) is 5.82 Å². The summed E-state index contributed by atoms with van der Waals surface area (Å²) >= 11 is 1.43. The summed E-state index contributed by atoms with van der Waals surface area (Å²) in [6.07, 6.45) is 5.27.